The number of nitrogens with zero attached hydrogens (tertiary/aromatic N) is 2. The van der Waals surface area contributed by atoms with Crippen LogP contribution in [-0.4, -0.2) is 48.0 Å². The fraction of sp³-hybridized carbons (Fsp3) is 0.500. The van der Waals surface area contributed by atoms with Crippen molar-refractivity contribution in [3.8, 4) is 5.69 Å². The van der Waals surface area contributed by atoms with Gasteiger partial charge in [-0.3, -0.25) is 4.79 Å². The molecule has 5 nitrogen and oxygen atoms in total. The summed E-state index contributed by atoms with van der Waals surface area (Å²) in [5.74, 6) is 0.384. The van der Waals surface area contributed by atoms with Gasteiger partial charge in [0.1, 0.15) is 0 Å². The molecule has 0 saturated carbocycles. The lowest BCUT2D eigenvalue weighted by Crippen LogP contribution is -2.44. The third-order valence-corrected chi connectivity index (χ3v) is 5.70. The average molecular weight is 368 g/mol. The van der Waals surface area contributed by atoms with Crippen molar-refractivity contribution < 1.29 is 14.3 Å². The second kappa shape index (κ2) is 7.49. The molecule has 1 aromatic heterocycles. The third kappa shape index (κ3) is 3.54. The zero-order valence-corrected chi connectivity index (χ0v) is 16.4. The second-order valence-electron chi connectivity index (χ2n) is 7.72. The standard InChI is InChI=1S/C22H28N2O3/c1-15-6-4-8-19(12-15)24-16(2)13-20(17(24)3)21(25)23-9-5-7-18(14-23)22-26-10-11-27-22/h4,6,8,12-13,18,22H,5,7,9-11,14H2,1-3H3. The number of benzene rings is 1. The monoisotopic (exact) mass is 368 g/mol. The highest BCUT2D eigenvalue weighted by Crippen LogP contribution is 2.28. The number of ether oxygens (including phenoxy) is 2. The van der Waals surface area contributed by atoms with Gasteiger partial charge < -0.3 is 18.9 Å². The van der Waals surface area contributed by atoms with Gasteiger partial charge in [0.05, 0.1) is 18.8 Å². The zero-order valence-electron chi connectivity index (χ0n) is 16.4. The first-order valence-electron chi connectivity index (χ1n) is 9.83. The Morgan fingerprint density at radius 1 is 1.11 bits per heavy atom. The SMILES string of the molecule is Cc1cccc(-n2c(C)cc(C(=O)N3CCCC(C4OCCO4)C3)c2C)c1. The molecule has 0 spiro atoms. The number of aryl methyl sites for hydroxylation is 2. The van der Waals surface area contributed by atoms with Crippen LogP contribution in [0.25, 0.3) is 5.69 Å². The molecule has 4 rings (SSSR count). The summed E-state index contributed by atoms with van der Waals surface area (Å²) in [5.41, 5.74) is 5.19. The first-order chi connectivity index (χ1) is 13.0. The van der Waals surface area contributed by atoms with Crippen molar-refractivity contribution in [2.75, 3.05) is 26.3 Å². The van der Waals surface area contributed by atoms with E-state index in [2.05, 4.69) is 42.7 Å². The van der Waals surface area contributed by atoms with Crippen LogP contribution < -0.4 is 0 Å². The van der Waals surface area contributed by atoms with Gasteiger partial charge in [0.25, 0.3) is 5.91 Å². The predicted octanol–water partition coefficient (Wildman–Crippen LogP) is 3.63. The number of hydrogen-bond acceptors (Lipinski definition) is 3. The summed E-state index contributed by atoms with van der Waals surface area (Å²) >= 11 is 0. The maximum Gasteiger partial charge on any atom is 0.255 e. The van der Waals surface area contributed by atoms with Crippen LogP contribution in [0, 0.1) is 26.7 Å². The lowest BCUT2D eigenvalue weighted by Gasteiger charge is -2.34. The molecule has 144 valence electrons. The van der Waals surface area contributed by atoms with Crippen LogP contribution in [0.15, 0.2) is 30.3 Å². The minimum absolute atomic E-state index is 0.115. The lowest BCUT2D eigenvalue weighted by molar-refractivity contribution is -0.0969. The van der Waals surface area contributed by atoms with E-state index in [-0.39, 0.29) is 18.1 Å². The molecular weight excluding hydrogens is 340 g/mol. The topological polar surface area (TPSA) is 43.7 Å². The molecule has 2 aromatic rings. The van der Waals surface area contributed by atoms with Gasteiger partial charge in [-0.25, -0.2) is 0 Å². The fourth-order valence-corrected chi connectivity index (χ4v) is 4.38. The molecular formula is C22H28N2O3. The molecule has 0 radical (unpaired) electrons. The van der Waals surface area contributed by atoms with E-state index in [1.807, 2.05) is 17.9 Å². The molecule has 0 aliphatic carbocycles. The summed E-state index contributed by atoms with van der Waals surface area (Å²) in [4.78, 5) is 15.2. The predicted molar refractivity (Wildman–Crippen MR) is 104 cm³/mol. The Kier molecular flexibility index (Phi) is 5.06. The van der Waals surface area contributed by atoms with Gasteiger partial charge in [0, 0.05) is 36.1 Å². The molecule has 1 amide bonds. The van der Waals surface area contributed by atoms with Crippen molar-refractivity contribution in [2.24, 2.45) is 5.92 Å². The Labute approximate surface area is 160 Å². The van der Waals surface area contributed by atoms with Gasteiger partial charge >= 0.3 is 0 Å². The number of carbonyl (C=O) groups excluding carboxylic acids is 1. The van der Waals surface area contributed by atoms with Crippen molar-refractivity contribution in [1.29, 1.82) is 0 Å². The second-order valence-corrected chi connectivity index (χ2v) is 7.72. The van der Waals surface area contributed by atoms with Gasteiger partial charge in [-0.2, -0.15) is 0 Å². The highest BCUT2D eigenvalue weighted by molar-refractivity contribution is 5.96. The van der Waals surface area contributed by atoms with E-state index in [9.17, 15) is 4.79 Å². The van der Waals surface area contributed by atoms with E-state index in [1.165, 1.54) is 5.56 Å². The van der Waals surface area contributed by atoms with E-state index in [4.69, 9.17) is 9.47 Å². The summed E-state index contributed by atoms with van der Waals surface area (Å²) < 4.78 is 13.5. The van der Waals surface area contributed by atoms with Crippen LogP contribution in [0.4, 0.5) is 0 Å². The smallest absolute Gasteiger partial charge is 0.255 e. The molecule has 2 aliphatic heterocycles. The number of hydrogen-bond donors (Lipinski definition) is 0. The minimum atomic E-state index is -0.152. The molecule has 27 heavy (non-hydrogen) atoms. The van der Waals surface area contributed by atoms with E-state index in [1.54, 1.807) is 0 Å². The number of likely N-dealkylation sites (tertiary alicyclic amines) is 1. The average Bonchev–Trinajstić information content (AvgIpc) is 3.29. The molecule has 1 unspecified atom stereocenters. The lowest BCUT2D eigenvalue weighted by atomic mass is 9.96. The van der Waals surface area contributed by atoms with E-state index in [0.717, 1.165) is 42.0 Å². The minimum Gasteiger partial charge on any atom is -0.350 e. The summed E-state index contributed by atoms with van der Waals surface area (Å²) in [6.07, 6.45) is 1.90. The summed E-state index contributed by atoms with van der Waals surface area (Å²) in [6.45, 7) is 9.01. The molecule has 2 saturated heterocycles. The molecule has 0 bridgehead atoms. The Bertz CT molecular complexity index is 836. The number of rotatable bonds is 3. The third-order valence-electron chi connectivity index (χ3n) is 5.70. The first-order valence-corrected chi connectivity index (χ1v) is 9.83. The summed E-state index contributed by atoms with van der Waals surface area (Å²) in [7, 11) is 0. The maximum atomic E-state index is 13.3. The molecule has 1 atom stereocenters. The summed E-state index contributed by atoms with van der Waals surface area (Å²) in [5, 5.41) is 0. The number of amides is 1. The maximum absolute atomic E-state index is 13.3. The largest absolute Gasteiger partial charge is 0.350 e. The highest BCUT2D eigenvalue weighted by atomic mass is 16.7. The Morgan fingerprint density at radius 2 is 1.89 bits per heavy atom. The van der Waals surface area contributed by atoms with Crippen molar-refractivity contribution in [2.45, 2.75) is 39.9 Å². The fourth-order valence-electron chi connectivity index (χ4n) is 4.38. The normalized spacial score (nSPS) is 21.0. The van der Waals surface area contributed by atoms with Gasteiger partial charge in [-0.05, 0) is 57.4 Å². The Morgan fingerprint density at radius 3 is 2.63 bits per heavy atom. The van der Waals surface area contributed by atoms with Crippen molar-refractivity contribution in [1.82, 2.24) is 9.47 Å². The Hall–Kier alpha value is -2.11. The number of aromatic nitrogens is 1. The van der Waals surface area contributed by atoms with Crippen LogP contribution in [0.1, 0.15) is 40.2 Å². The van der Waals surface area contributed by atoms with Crippen LogP contribution in [0.5, 0.6) is 0 Å². The molecule has 0 N–H and O–H groups in total. The van der Waals surface area contributed by atoms with Crippen molar-refractivity contribution in [3.05, 3.63) is 52.8 Å². The van der Waals surface area contributed by atoms with E-state index >= 15 is 0 Å². The molecule has 5 heteroatoms. The Balaban J connectivity index is 1.58. The van der Waals surface area contributed by atoms with Gasteiger partial charge in [-0.1, -0.05) is 12.1 Å². The summed E-state index contributed by atoms with van der Waals surface area (Å²) in [6, 6.07) is 10.4. The van der Waals surface area contributed by atoms with Crippen molar-refractivity contribution in [3.63, 3.8) is 0 Å². The first kappa shape index (κ1) is 18.3. The zero-order chi connectivity index (χ0) is 19.0. The van der Waals surface area contributed by atoms with Gasteiger partial charge in [0.15, 0.2) is 6.29 Å². The van der Waals surface area contributed by atoms with Gasteiger partial charge in [0.2, 0.25) is 0 Å². The van der Waals surface area contributed by atoms with Crippen LogP contribution in [-0.2, 0) is 9.47 Å². The molecule has 3 heterocycles. The molecule has 1 aromatic carbocycles. The highest BCUT2D eigenvalue weighted by Gasteiger charge is 2.33. The molecule has 2 fully saturated rings. The van der Waals surface area contributed by atoms with Gasteiger partial charge in [-0.15, -0.1) is 0 Å². The van der Waals surface area contributed by atoms with E-state index in [0.29, 0.717) is 19.8 Å². The van der Waals surface area contributed by atoms with Crippen LogP contribution >= 0.6 is 0 Å². The van der Waals surface area contributed by atoms with Crippen molar-refractivity contribution >= 4 is 5.91 Å². The van der Waals surface area contributed by atoms with E-state index < -0.39 is 0 Å². The van der Waals surface area contributed by atoms with Crippen LogP contribution in [0.2, 0.25) is 0 Å². The number of carbonyl (C=O) groups is 1. The molecule has 2 aliphatic rings. The number of piperidine rings is 1. The van der Waals surface area contributed by atoms with Crippen LogP contribution in [0.3, 0.4) is 0 Å². The quantitative estimate of drug-likeness (QED) is 0.831.